The Morgan fingerprint density at radius 2 is 1.70 bits per heavy atom. The molecule has 0 radical (unpaired) electrons. The molecule has 0 saturated heterocycles. The number of benzene rings is 2. The molecule has 0 saturated carbocycles. The van der Waals surface area contributed by atoms with E-state index in [9.17, 15) is 30.8 Å². The molecular formula is C25H26F4N4O3S. The van der Waals surface area contributed by atoms with Crippen molar-refractivity contribution in [1.82, 2.24) is 10.3 Å². The van der Waals surface area contributed by atoms with Gasteiger partial charge in [-0.1, -0.05) is 24.3 Å². The van der Waals surface area contributed by atoms with Gasteiger partial charge in [0.15, 0.2) is 15.7 Å². The number of carbonyl (C=O) groups is 1. The molecule has 1 atom stereocenters. The Labute approximate surface area is 212 Å². The average Bonchev–Trinajstić information content (AvgIpc) is 2.82. The number of pyridine rings is 1. The first-order valence-electron chi connectivity index (χ1n) is 11.0. The van der Waals surface area contributed by atoms with Gasteiger partial charge in [0.05, 0.1) is 17.3 Å². The molecule has 37 heavy (non-hydrogen) atoms. The molecule has 1 amide bonds. The molecular weight excluding hydrogens is 512 g/mol. The van der Waals surface area contributed by atoms with Gasteiger partial charge in [-0.25, -0.2) is 17.8 Å². The summed E-state index contributed by atoms with van der Waals surface area (Å²) in [6.45, 7) is 1.29. The monoisotopic (exact) mass is 538 g/mol. The minimum atomic E-state index is -4.66. The lowest BCUT2D eigenvalue weighted by molar-refractivity contribution is -0.141. The van der Waals surface area contributed by atoms with Crippen molar-refractivity contribution >= 4 is 27.1 Å². The van der Waals surface area contributed by atoms with Crippen LogP contribution in [0.1, 0.15) is 29.7 Å². The van der Waals surface area contributed by atoms with Crippen molar-refractivity contribution in [3.63, 3.8) is 0 Å². The van der Waals surface area contributed by atoms with Crippen LogP contribution < -0.4 is 16.0 Å². The van der Waals surface area contributed by atoms with Crippen LogP contribution >= 0.6 is 0 Å². The summed E-state index contributed by atoms with van der Waals surface area (Å²) in [6.07, 6.45) is -3.82. The Morgan fingerprint density at radius 1 is 1.08 bits per heavy atom. The first-order valence-corrected chi connectivity index (χ1v) is 12.9. The molecule has 2 aromatic carbocycles. The van der Waals surface area contributed by atoms with Gasteiger partial charge >= 0.3 is 6.18 Å². The van der Waals surface area contributed by atoms with Gasteiger partial charge < -0.3 is 16.0 Å². The minimum absolute atomic E-state index is 0.0520. The molecule has 7 nitrogen and oxygen atoms in total. The fourth-order valence-corrected chi connectivity index (χ4v) is 4.44. The van der Waals surface area contributed by atoms with Gasteiger partial charge in [-0.2, -0.15) is 13.2 Å². The van der Waals surface area contributed by atoms with E-state index in [1.165, 1.54) is 19.1 Å². The predicted molar refractivity (Wildman–Crippen MR) is 133 cm³/mol. The summed E-state index contributed by atoms with van der Waals surface area (Å²) in [7, 11) is -0.210. The lowest BCUT2D eigenvalue weighted by Gasteiger charge is -2.18. The lowest BCUT2D eigenvalue weighted by atomic mass is 9.98. The average molecular weight is 539 g/mol. The molecule has 3 aromatic rings. The molecule has 0 bridgehead atoms. The molecule has 3 N–H and O–H groups in total. The number of amides is 1. The minimum Gasteiger partial charge on any atom is -0.396 e. The quantitative estimate of drug-likeness (QED) is 0.342. The first-order chi connectivity index (χ1) is 17.1. The zero-order valence-electron chi connectivity index (χ0n) is 20.5. The highest BCUT2D eigenvalue weighted by Gasteiger charge is 2.33. The third-order valence-electron chi connectivity index (χ3n) is 5.82. The smallest absolute Gasteiger partial charge is 0.396 e. The highest BCUT2D eigenvalue weighted by atomic mass is 32.2. The van der Waals surface area contributed by atoms with Crippen LogP contribution in [0.3, 0.4) is 0 Å². The number of carbonyl (C=O) groups excluding carboxylic acids is 1. The molecule has 1 aromatic heterocycles. The van der Waals surface area contributed by atoms with Crippen molar-refractivity contribution in [2.24, 2.45) is 0 Å². The van der Waals surface area contributed by atoms with Crippen molar-refractivity contribution in [1.29, 1.82) is 0 Å². The fraction of sp³-hybridized carbons (Fsp3) is 0.280. The Hall–Kier alpha value is -3.67. The van der Waals surface area contributed by atoms with Crippen LogP contribution in [0.4, 0.5) is 28.9 Å². The summed E-state index contributed by atoms with van der Waals surface area (Å²) in [5.41, 5.74) is 5.96. The van der Waals surface area contributed by atoms with Gasteiger partial charge in [-0.15, -0.1) is 0 Å². The van der Waals surface area contributed by atoms with Crippen LogP contribution in [0, 0.1) is 5.82 Å². The lowest BCUT2D eigenvalue weighted by Crippen LogP contribution is -2.28. The molecule has 0 aliphatic carbocycles. The summed E-state index contributed by atoms with van der Waals surface area (Å²) < 4.78 is 78.0. The Balaban J connectivity index is 1.90. The van der Waals surface area contributed by atoms with Gasteiger partial charge in [0.2, 0.25) is 5.91 Å². The van der Waals surface area contributed by atoms with Crippen molar-refractivity contribution in [2.75, 3.05) is 31.0 Å². The van der Waals surface area contributed by atoms with Gasteiger partial charge in [-0.05, 0) is 42.3 Å². The van der Waals surface area contributed by atoms with E-state index in [0.29, 0.717) is 11.1 Å². The van der Waals surface area contributed by atoms with Crippen molar-refractivity contribution in [3.8, 4) is 11.3 Å². The van der Waals surface area contributed by atoms with Crippen LogP contribution in [0.25, 0.3) is 11.3 Å². The molecule has 0 spiro atoms. The summed E-state index contributed by atoms with van der Waals surface area (Å²) in [6, 6.07) is 11.1. The number of halogens is 4. The van der Waals surface area contributed by atoms with Gasteiger partial charge in [0.1, 0.15) is 10.6 Å². The van der Waals surface area contributed by atoms with Crippen molar-refractivity contribution < 1.29 is 30.8 Å². The number of sulfone groups is 1. The number of nitrogens with one attached hydrogen (secondary N) is 1. The van der Waals surface area contributed by atoms with E-state index >= 15 is 0 Å². The molecule has 1 unspecified atom stereocenters. The maximum atomic E-state index is 14.5. The van der Waals surface area contributed by atoms with Crippen LogP contribution in [0.5, 0.6) is 0 Å². The van der Waals surface area contributed by atoms with E-state index in [-0.39, 0.29) is 17.8 Å². The van der Waals surface area contributed by atoms with E-state index in [4.69, 9.17) is 5.73 Å². The summed E-state index contributed by atoms with van der Waals surface area (Å²) in [5, 5.41) is 2.62. The highest BCUT2D eigenvalue weighted by molar-refractivity contribution is 7.90. The predicted octanol–water partition coefficient (Wildman–Crippen LogP) is 4.38. The van der Waals surface area contributed by atoms with E-state index in [1.807, 2.05) is 19.0 Å². The largest absolute Gasteiger partial charge is 0.433 e. The van der Waals surface area contributed by atoms with E-state index in [0.717, 1.165) is 24.1 Å². The number of nitrogens with two attached hydrogens (primary N) is 1. The second-order valence-corrected chi connectivity index (χ2v) is 10.7. The summed E-state index contributed by atoms with van der Waals surface area (Å²) in [5.74, 6) is -2.71. The van der Waals surface area contributed by atoms with Gasteiger partial charge in [0, 0.05) is 38.1 Å². The number of alkyl halides is 3. The number of nitrogen functional groups attached to an aromatic ring is 1. The Bertz CT molecular complexity index is 1420. The maximum Gasteiger partial charge on any atom is 0.433 e. The van der Waals surface area contributed by atoms with Crippen LogP contribution in [-0.2, 0) is 27.4 Å². The molecule has 0 aliphatic heterocycles. The molecule has 198 valence electrons. The third-order valence-corrected chi connectivity index (χ3v) is 6.93. The Morgan fingerprint density at radius 3 is 2.24 bits per heavy atom. The summed E-state index contributed by atoms with van der Waals surface area (Å²) >= 11 is 0. The van der Waals surface area contributed by atoms with Crippen molar-refractivity contribution in [3.05, 3.63) is 71.2 Å². The number of aromatic nitrogens is 1. The second kappa shape index (κ2) is 10.4. The zero-order valence-corrected chi connectivity index (χ0v) is 21.3. The first kappa shape index (κ1) is 27.9. The third kappa shape index (κ3) is 6.19. The number of hydrogen-bond acceptors (Lipinski definition) is 6. The normalized spacial score (nSPS) is 12.8. The van der Waals surface area contributed by atoms with Crippen LogP contribution in [0.2, 0.25) is 0 Å². The fourth-order valence-electron chi connectivity index (χ4n) is 3.68. The SMILES string of the molecule is CC(C(=O)NCc1ccc(C(F)(F)F)nc1-c1ccc(N(C)C)cc1)c1ccc(S(C)(=O)=O)c(F)c1N. The van der Waals surface area contributed by atoms with Crippen molar-refractivity contribution in [2.45, 2.75) is 30.5 Å². The Kier molecular flexibility index (Phi) is 7.82. The number of hydrogen-bond donors (Lipinski definition) is 2. The molecule has 0 aliphatic rings. The van der Waals surface area contributed by atoms with Crippen LogP contribution in [-0.4, -0.2) is 39.7 Å². The molecule has 1 heterocycles. The second-order valence-electron chi connectivity index (χ2n) is 8.74. The van der Waals surface area contributed by atoms with Gasteiger partial charge in [-0.3, -0.25) is 4.79 Å². The van der Waals surface area contributed by atoms with Gasteiger partial charge in [0.25, 0.3) is 0 Å². The topological polar surface area (TPSA) is 105 Å². The molecule has 12 heteroatoms. The van der Waals surface area contributed by atoms with E-state index in [2.05, 4.69) is 10.3 Å². The number of rotatable bonds is 7. The highest BCUT2D eigenvalue weighted by Crippen LogP contribution is 2.33. The van der Waals surface area contributed by atoms with E-state index < -0.39 is 49.9 Å². The summed E-state index contributed by atoms with van der Waals surface area (Å²) in [4.78, 5) is 17.9. The number of anilines is 2. The standard InChI is InChI=1S/C25H26F4N4O3S/c1-14(18-10-11-19(37(4,35)36)21(26)22(18)30)24(34)31-13-16-7-12-20(25(27,28)29)32-23(16)15-5-8-17(9-6-15)33(2)3/h5-12,14H,13,30H2,1-4H3,(H,31,34). The maximum absolute atomic E-state index is 14.5. The van der Waals surface area contributed by atoms with E-state index in [1.54, 1.807) is 24.3 Å². The van der Waals surface area contributed by atoms with Crippen LogP contribution in [0.15, 0.2) is 53.4 Å². The molecule has 0 fully saturated rings. The zero-order chi connectivity index (χ0) is 27.7. The number of nitrogens with zero attached hydrogens (tertiary/aromatic N) is 2. The molecule has 3 rings (SSSR count).